The zero-order chi connectivity index (χ0) is 24.0. The van der Waals surface area contributed by atoms with Crippen molar-refractivity contribution in [1.29, 1.82) is 0 Å². The van der Waals surface area contributed by atoms with Gasteiger partial charge in [-0.3, -0.25) is 4.79 Å². The second-order valence-corrected chi connectivity index (χ2v) is 8.96. The Morgan fingerprint density at radius 1 is 0.971 bits per heavy atom. The minimum Gasteiger partial charge on any atom is -0.457 e. The summed E-state index contributed by atoms with van der Waals surface area (Å²) in [5.74, 6) is 1.12. The number of rotatable bonds is 8. The van der Waals surface area contributed by atoms with Crippen molar-refractivity contribution in [2.45, 2.75) is 45.1 Å². The lowest BCUT2D eigenvalue weighted by molar-refractivity contribution is -0.107. The predicted octanol–water partition coefficient (Wildman–Crippen LogP) is 5.66. The van der Waals surface area contributed by atoms with Crippen LogP contribution in [-0.4, -0.2) is 25.4 Å². The highest BCUT2D eigenvalue weighted by molar-refractivity contribution is 5.96. The fraction of sp³-hybridized carbons (Fsp3) is 0.310. The molecule has 1 N–H and O–H groups in total. The third-order valence-electron chi connectivity index (χ3n) is 6.31. The molecule has 0 aromatic heterocycles. The van der Waals surface area contributed by atoms with Gasteiger partial charge in [0, 0.05) is 25.2 Å². The summed E-state index contributed by atoms with van der Waals surface area (Å²) in [6.45, 7) is 5.32. The summed E-state index contributed by atoms with van der Waals surface area (Å²) < 4.78 is 11.6. The Morgan fingerprint density at radius 3 is 2.35 bits per heavy atom. The van der Waals surface area contributed by atoms with E-state index in [1.807, 2.05) is 42.5 Å². The van der Waals surface area contributed by atoms with Crippen LogP contribution in [-0.2, 0) is 21.5 Å². The van der Waals surface area contributed by atoms with Gasteiger partial charge >= 0.3 is 0 Å². The zero-order valence-electron chi connectivity index (χ0n) is 19.8. The van der Waals surface area contributed by atoms with Crippen molar-refractivity contribution in [2.75, 3.05) is 13.2 Å². The summed E-state index contributed by atoms with van der Waals surface area (Å²) in [5.41, 5.74) is 4.29. The van der Waals surface area contributed by atoms with E-state index in [2.05, 4.69) is 37.4 Å². The highest BCUT2D eigenvalue weighted by Crippen LogP contribution is 2.34. The van der Waals surface area contributed by atoms with Crippen LogP contribution in [0, 0.1) is 13.8 Å². The van der Waals surface area contributed by atoms with E-state index in [4.69, 9.17) is 9.47 Å². The maximum Gasteiger partial charge on any atom is 0.252 e. The van der Waals surface area contributed by atoms with E-state index in [1.54, 1.807) is 6.07 Å². The Hall–Kier alpha value is -3.44. The fourth-order valence-electron chi connectivity index (χ4n) is 4.63. The molecule has 0 unspecified atom stereocenters. The molecule has 5 nitrogen and oxygen atoms in total. The van der Waals surface area contributed by atoms with E-state index in [9.17, 15) is 9.59 Å². The van der Waals surface area contributed by atoms with Gasteiger partial charge in [-0.25, -0.2) is 0 Å². The summed E-state index contributed by atoms with van der Waals surface area (Å²) >= 11 is 0. The fourth-order valence-corrected chi connectivity index (χ4v) is 4.63. The van der Waals surface area contributed by atoms with Gasteiger partial charge in [0.15, 0.2) is 0 Å². The average molecular weight is 458 g/mol. The molecule has 1 aliphatic heterocycles. The summed E-state index contributed by atoms with van der Waals surface area (Å²) in [6, 6.07) is 21.4. The Balaban J connectivity index is 1.68. The molecule has 0 radical (unpaired) electrons. The van der Waals surface area contributed by atoms with Gasteiger partial charge in [-0.15, -0.1) is 0 Å². The molecule has 0 atom stereocenters. The largest absolute Gasteiger partial charge is 0.457 e. The molecule has 0 spiro atoms. The molecule has 176 valence electrons. The van der Waals surface area contributed by atoms with Gasteiger partial charge in [0.2, 0.25) is 0 Å². The lowest BCUT2D eigenvalue weighted by atomic mass is 9.81. The lowest BCUT2D eigenvalue weighted by Crippen LogP contribution is -2.49. The molecule has 3 aromatic carbocycles. The van der Waals surface area contributed by atoms with Gasteiger partial charge < -0.3 is 19.6 Å². The first-order chi connectivity index (χ1) is 16.5. The van der Waals surface area contributed by atoms with Crippen LogP contribution in [0.5, 0.6) is 11.5 Å². The molecule has 1 heterocycles. The quantitative estimate of drug-likeness (QED) is 0.443. The van der Waals surface area contributed by atoms with Crippen LogP contribution >= 0.6 is 0 Å². The zero-order valence-corrected chi connectivity index (χ0v) is 19.8. The van der Waals surface area contributed by atoms with E-state index in [0.717, 1.165) is 17.4 Å². The molecule has 34 heavy (non-hydrogen) atoms. The van der Waals surface area contributed by atoms with Crippen molar-refractivity contribution < 1.29 is 19.1 Å². The van der Waals surface area contributed by atoms with Crippen LogP contribution in [0.25, 0.3) is 0 Å². The average Bonchev–Trinajstić information content (AvgIpc) is 2.84. The lowest BCUT2D eigenvalue weighted by Gasteiger charge is -2.39. The minimum absolute atomic E-state index is 0.166. The second-order valence-electron chi connectivity index (χ2n) is 8.96. The van der Waals surface area contributed by atoms with Crippen LogP contribution in [0.3, 0.4) is 0 Å². The number of amides is 1. The third-order valence-corrected chi connectivity index (χ3v) is 6.31. The summed E-state index contributed by atoms with van der Waals surface area (Å²) in [5, 5.41) is 3.36. The predicted molar refractivity (Wildman–Crippen MR) is 132 cm³/mol. The molecule has 1 amide bonds. The molecule has 1 saturated heterocycles. The summed E-state index contributed by atoms with van der Waals surface area (Å²) in [7, 11) is 0. The van der Waals surface area contributed by atoms with E-state index in [0.29, 0.717) is 56.0 Å². The van der Waals surface area contributed by atoms with Crippen molar-refractivity contribution in [2.24, 2.45) is 0 Å². The molecule has 0 bridgehead atoms. The van der Waals surface area contributed by atoms with Gasteiger partial charge in [-0.2, -0.15) is 0 Å². The van der Waals surface area contributed by atoms with Gasteiger partial charge in [-0.05, 0) is 68.5 Å². The molecule has 1 aliphatic rings. The molecule has 0 aliphatic carbocycles. The Morgan fingerprint density at radius 2 is 1.68 bits per heavy atom. The van der Waals surface area contributed by atoms with Crippen molar-refractivity contribution in [3.05, 3.63) is 94.5 Å². The Kier molecular flexibility index (Phi) is 7.43. The van der Waals surface area contributed by atoms with E-state index in [1.165, 1.54) is 11.1 Å². The number of hydrogen-bond acceptors (Lipinski definition) is 4. The number of aldehydes is 1. The highest BCUT2D eigenvalue weighted by atomic mass is 16.5. The Bertz CT molecular complexity index is 1130. The first-order valence-corrected chi connectivity index (χ1v) is 11.8. The molecular formula is C29H31NO4. The first-order valence-electron chi connectivity index (χ1n) is 11.8. The summed E-state index contributed by atoms with van der Waals surface area (Å²) in [6.07, 6.45) is 3.13. The maximum absolute atomic E-state index is 13.8. The van der Waals surface area contributed by atoms with E-state index >= 15 is 0 Å². The van der Waals surface area contributed by atoms with Crippen LogP contribution in [0.15, 0.2) is 66.7 Å². The van der Waals surface area contributed by atoms with Crippen molar-refractivity contribution in [3.8, 4) is 11.5 Å². The van der Waals surface area contributed by atoms with Crippen molar-refractivity contribution in [1.82, 2.24) is 5.32 Å². The monoisotopic (exact) mass is 457 g/mol. The SMILES string of the molecule is Cc1cc(C)cc(C2(NC(=O)c3cc(Oc4ccccc4)ccc3CCC=O)CCOCC2)c1. The number of carbonyl (C=O) groups is 2. The molecule has 4 rings (SSSR count). The number of para-hydroxylation sites is 1. The van der Waals surface area contributed by atoms with Crippen LogP contribution in [0.4, 0.5) is 0 Å². The van der Waals surface area contributed by atoms with Crippen molar-refractivity contribution in [3.63, 3.8) is 0 Å². The molecule has 0 saturated carbocycles. The molecule has 5 heteroatoms. The van der Waals surface area contributed by atoms with Crippen LogP contribution in [0.1, 0.15) is 51.9 Å². The van der Waals surface area contributed by atoms with Crippen LogP contribution < -0.4 is 10.1 Å². The second kappa shape index (κ2) is 10.7. The number of hydrogen-bond donors (Lipinski definition) is 1. The smallest absolute Gasteiger partial charge is 0.252 e. The van der Waals surface area contributed by atoms with E-state index in [-0.39, 0.29) is 5.91 Å². The number of ether oxygens (including phenoxy) is 2. The third kappa shape index (κ3) is 5.54. The number of carbonyl (C=O) groups excluding carboxylic acids is 2. The first kappa shape index (κ1) is 23.7. The minimum atomic E-state index is -0.510. The topological polar surface area (TPSA) is 64.6 Å². The van der Waals surface area contributed by atoms with Gasteiger partial charge in [-0.1, -0.05) is 53.6 Å². The van der Waals surface area contributed by atoms with Crippen molar-refractivity contribution >= 4 is 12.2 Å². The normalized spacial score (nSPS) is 14.9. The number of aryl methyl sites for hydroxylation is 3. The van der Waals surface area contributed by atoms with Crippen LogP contribution in [0.2, 0.25) is 0 Å². The number of nitrogens with one attached hydrogen (secondary N) is 1. The van der Waals surface area contributed by atoms with Gasteiger partial charge in [0.1, 0.15) is 17.8 Å². The standard InChI is InChI=1S/C29H31NO4/c1-21-17-22(2)19-24(18-21)29(12-15-33-16-13-29)30-28(32)27-20-26(11-10-23(27)7-6-14-31)34-25-8-4-3-5-9-25/h3-5,8-11,14,17-20H,6-7,12-13,15-16H2,1-2H3,(H,30,32). The highest BCUT2D eigenvalue weighted by Gasteiger charge is 2.37. The number of benzene rings is 3. The van der Waals surface area contributed by atoms with E-state index < -0.39 is 5.54 Å². The summed E-state index contributed by atoms with van der Waals surface area (Å²) in [4.78, 5) is 24.8. The molecule has 3 aromatic rings. The molecule has 1 fully saturated rings. The molecular weight excluding hydrogens is 426 g/mol. The van der Waals surface area contributed by atoms with Gasteiger partial charge in [0.25, 0.3) is 5.91 Å². The Labute approximate surface area is 201 Å². The van der Waals surface area contributed by atoms with Gasteiger partial charge in [0.05, 0.1) is 5.54 Å². The maximum atomic E-state index is 13.8.